The van der Waals surface area contributed by atoms with E-state index in [4.69, 9.17) is 0 Å². The molecule has 3 rings (SSSR count). The molecular weight excluding hydrogens is 411 g/mol. The number of nitrogens with one attached hydrogen (secondary N) is 1. The fourth-order valence-corrected chi connectivity index (χ4v) is 3.27. The highest BCUT2D eigenvalue weighted by atomic mass is 79.9. The first kappa shape index (κ1) is 19.1. The molecule has 1 aromatic heterocycles. The van der Waals surface area contributed by atoms with E-state index in [0.717, 1.165) is 47.4 Å². The van der Waals surface area contributed by atoms with Crippen LogP contribution in [0.4, 0.5) is 18.9 Å². The number of hydrogen-bond acceptors (Lipinski definition) is 4. The van der Waals surface area contributed by atoms with Gasteiger partial charge in [0.25, 0.3) is 0 Å². The lowest BCUT2D eigenvalue weighted by molar-refractivity contribution is -0.274. The van der Waals surface area contributed by atoms with Crippen molar-refractivity contribution < 1.29 is 17.9 Å². The number of aromatic nitrogens is 1. The third-order valence-corrected chi connectivity index (χ3v) is 4.65. The van der Waals surface area contributed by atoms with Crippen LogP contribution in [-0.2, 0) is 0 Å². The number of aryl methyl sites for hydroxylation is 1. The molecule has 0 atom stereocenters. The maximum Gasteiger partial charge on any atom is 0.573 e. The summed E-state index contributed by atoms with van der Waals surface area (Å²) in [5.74, 6) is -0.259. The molecule has 9 heteroatoms. The van der Waals surface area contributed by atoms with Crippen LogP contribution in [0.3, 0.4) is 0 Å². The number of ether oxygens (including phenoxy) is 1. The molecule has 1 aliphatic heterocycles. The summed E-state index contributed by atoms with van der Waals surface area (Å²) in [5, 5.41) is 4.09. The van der Waals surface area contributed by atoms with Gasteiger partial charge in [0, 0.05) is 37.6 Å². The molecule has 24 heavy (non-hydrogen) atoms. The van der Waals surface area contributed by atoms with Gasteiger partial charge in [0.15, 0.2) is 0 Å². The average molecular weight is 427 g/mol. The Bertz CT molecular complexity index is 736. The summed E-state index contributed by atoms with van der Waals surface area (Å²) in [6, 6.07) is 4.28. The van der Waals surface area contributed by atoms with Crippen molar-refractivity contribution in [1.82, 2.24) is 10.3 Å². The van der Waals surface area contributed by atoms with Crippen LogP contribution in [0.15, 0.2) is 22.7 Å². The molecule has 0 radical (unpaired) electrons. The summed E-state index contributed by atoms with van der Waals surface area (Å²) < 4.78 is 42.0. The van der Waals surface area contributed by atoms with Gasteiger partial charge in [0.1, 0.15) is 5.75 Å². The topological polar surface area (TPSA) is 37.4 Å². The highest BCUT2D eigenvalue weighted by Gasteiger charge is 2.31. The number of piperazine rings is 1. The van der Waals surface area contributed by atoms with Crippen LogP contribution >= 0.6 is 28.3 Å². The van der Waals surface area contributed by atoms with Gasteiger partial charge in [-0.25, -0.2) is 0 Å². The molecular formula is C15H16BrClF3N3O. The number of halogens is 5. The van der Waals surface area contributed by atoms with Crippen molar-refractivity contribution in [2.75, 3.05) is 31.1 Å². The number of fused-ring (bicyclic) bond motifs is 1. The first-order valence-corrected chi connectivity index (χ1v) is 7.96. The second kappa shape index (κ2) is 7.33. The maximum atomic E-state index is 12.4. The molecule has 1 aromatic carbocycles. The molecule has 2 heterocycles. The zero-order valence-electron chi connectivity index (χ0n) is 12.8. The Morgan fingerprint density at radius 1 is 1.25 bits per heavy atom. The number of hydrogen-bond donors (Lipinski definition) is 1. The van der Waals surface area contributed by atoms with Gasteiger partial charge in [-0.2, -0.15) is 0 Å². The molecule has 0 saturated carbocycles. The van der Waals surface area contributed by atoms with Crippen molar-refractivity contribution in [3.8, 4) is 5.75 Å². The second-order valence-corrected chi connectivity index (χ2v) is 6.12. The van der Waals surface area contributed by atoms with Crippen molar-refractivity contribution in [2.45, 2.75) is 13.3 Å². The SMILES string of the molecule is Cc1nc2cc(OC(F)(F)F)ccc2c(N2CCNCC2)c1Br.Cl. The van der Waals surface area contributed by atoms with E-state index in [1.165, 1.54) is 12.1 Å². The lowest BCUT2D eigenvalue weighted by Crippen LogP contribution is -2.43. The minimum absolute atomic E-state index is 0. The quantitative estimate of drug-likeness (QED) is 0.787. The number of rotatable bonds is 2. The second-order valence-electron chi connectivity index (χ2n) is 5.32. The highest BCUT2D eigenvalue weighted by molar-refractivity contribution is 9.10. The Balaban J connectivity index is 0.00000208. The number of alkyl halides is 3. The van der Waals surface area contributed by atoms with Crippen LogP contribution in [0.1, 0.15) is 5.69 Å². The van der Waals surface area contributed by atoms with E-state index in [0.29, 0.717) is 5.52 Å². The number of nitrogens with zero attached hydrogens (tertiary/aromatic N) is 2. The van der Waals surface area contributed by atoms with E-state index in [1.54, 1.807) is 6.07 Å². The summed E-state index contributed by atoms with van der Waals surface area (Å²) in [6.07, 6.45) is -4.71. The molecule has 0 aliphatic carbocycles. The van der Waals surface area contributed by atoms with Crippen molar-refractivity contribution in [2.24, 2.45) is 0 Å². The zero-order valence-corrected chi connectivity index (χ0v) is 15.2. The van der Waals surface area contributed by atoms with Gasteiger partial charge < -0.3 is 15.0 Å². The van der Waals surface area contributed by atoms with Crippen LogP contribution in [0, 0.1) is 6.92 Å². The van der Waals surface area contributed by atoms with Crippen molar-refractivity contribution >= 4 is 44.9 Å². The van der Waals surface area contributed by atoms with Crippen LogP contribution in [0.25, 0.3) is 10.9 Å². The van der Waals surface area contributed by atoms with E-state index in [-0.39, 0.29) is 18.2 Å². The van der Waals surface area contributed by atoms with Crippen molar-refractivity contribution in [1.29, 1.82) is 0 Å². The van der Waals surface area contributed by atoms with E-state index < -0.39 is 6.36 Å². The normalized spacial score (nSPS) is 15.3. The summed E-state index contributed by atoms with van der Waals surface area (Å²) in [6.45, 7) is 5.22. The Morgan fingerprint density at radius 2 is 1.92 bits per heavy atom. The number of pyridine rings is 1. The summed E-state index contributed by atoms with van der Waals surface area (Å²) in [5.41, 5.74) is 2.18. The summed E-state index contributed by atoms with van der Waals surface area (Å²) >= 11 is 3.57. The lowest BCUT2D eigenvalue weighted by atomic mass is 10.1. The molecule has 4 nitrogen and oxygen atoms in total. The van der Waals surface area contributed by atoms with Crippen LogP contribution in [-0.4, -0.2) is 37.5 Å². The monoisotopic (exact) mass is 425 g/mol. The largest absolute Gasteiger partial charge is 0.573 e. The van der Waals surface area contributed by atoms with Crippen molar-refractivity contribution in [3.05, 3.63) is 28.4 Å². The van der Waals surface area contributed by atoms with Crippen LogP contribution < -0.4 is 15.0 Å². The van der Waals surface area contributed by atoms with Crippen LogP contribution in [0.2, 0.25) is 0 Å². The van der Waals surface area contributed by atoms with Gasteiger partial charge in [0.05, 0.1) is 21.4 Å². The average Bonchev–Trinajstić information content (AvgIpc) is 2.48. The number of anilines is 1. The van der Waals surface area contributed by atoms with E-state index in [2.05, 4.69) is 35.9 Å². The molecule has 1 saturated heterocycles. The maximum absolute atomic E-state index is 12.4. The predicted molar refractivity (Wildman–Crippen MR) is 93.2 cm³/mol. The molecule has 132 valence electrons. The number of benzene rings is 1. The van der Waals surface area contributed by atoms with Crippen LogP contribution in [0.5, 0.6) is 5.75 Å². The molecule has 0 spiro atoms. The van der Waals surface area contributed by atoms with Gasteiger partial charge in [-0.05, 0) is 35.0 Å². The Labute approximate surface area is 151 Å². The lowest BCUT2D eigenvalue weighted by Gasteiger charge is -2.31. The first-order valence-electron chi connectivity index (χ1n) is 7.16. The molecule has 1 N–H and O–H groups in total. The Morgan fingerprint density at radius 3 is 2.54 bits per heavy atom. The van der Waals surface area contributed by atoms with Gasteiger partial charge in [-0.15, -0.1) is 25.6 Å². The third kappa shape index (κ3) is 4.04. The standard InChI is InChI=1S/C15H15BrF3N3O.ClH/c1-9-13(16)14(22-6-4-20-5-7-22)11-3-2-10(8-12(11)21-9)23-15(17,18)19;/h2-3,8,20H,4-7H2,1H3;1H. The molecule has 1 fully saturated rings. The summed E-state index contributed by atoms with van der Waals surface area (Å²) in [7, 11) is 0. The van der Waals surface area contributed by atoms with E-state index >= 15 is 0 Å². The fraction of sp³-hybridized carbons (Fsp3) is 0.400. The predicted octanol–water partition coefficient (Wildman–Crippen LogP) is 4.04. The summed E-state index contributed by atoms with van der Waals surface area (Å²) in [4.78, 5) is 6.60. The van der Waals surface area contributed by atoms with Crippen molar-refractivity contribution in [3.63, 3.8) is 0 Å². The van der Waals surface area contributed by atoms with E-state index in [9.17, 15) is 13.2 Å². The molecule has 2 aromatic rings. The third-order valence-electron chi connectivity index (χ3n) is 3.70. The fourth-order valence-electron chi connectivity index (χ4n) is 2.72. The minimum Gasteiger partial charge on any atom is -0.406 e. The first-order chi connectivity index (χ1) is 10.8. The molecule has 0 amide bonds. The Kier molecular flexibility index (Phi) is 5.83. The molecule has 0 unspecified atom stereocenters. The van der Waals surface area contributed by atoms with Gasteiger partial charge >= 0.3 is 6.36 Å². The van der Waals surface area contributed by atoms with Gasteiger partial charge in [0.2, 0.25) is 0 Å². The minimum atomic E-state index is -4.71. The van der Waals surface area contributed by atoms with Gasteiger partial charge in [-0.3, -0.25) is 4.98 Å². The highest BCUT2D eigenvalue weighted by Crippen LogP contribution is 2.37. The molecule has 0 bridgehead atoms. The van der Waals surface area contributed by atoms with E-state index in [1.807, 2.05) is 6.92 Å². The van der Waals surface area contributed by atoms with Gasteiger partial charge in [-0.1, -0.05) is 0 Å². The smallest absolute Gasteiger partial charge is 0.406 e. The zero-order chi connectivity index (χ0) is 16.6. The molecule has 1 aliphatic rings. The Hall–Kier alpha value is -1.25.